The molecule has 0 atom stereocenters. The van der Waals surface area contributed by atoms with Crippen LogP contribution < -0.4 is 4.74 Å². The molecule has 1 heterocycles. The van der Waals surface area contributed by atoms with Crippen molar-refractivity contribution in [1.29, 1.82) is 0 Å². The normalized spacial score (nSPS) is 12.3. The number of aromatic nitrogens is 1. The molecule has 2 rings (SSSR count). The molecule has 0 bridgehead atoms. The Hall–Kier alpha value is -2.69. The molecule has 0 amide bonds. The number of ether oxygens (including phenoxy) is 1. The number of rotatable bonds is 8. The number of carboxylic acid groups (broad SMARTS) is 1. The fourth-order valence-corrected chi connectivity index (χ4v) is 2.91. The number of hydrogen-bond donors (Lipinski definition) is 1. The average Bonchev–Trinajstić information content (AvgIpc) is 2.99. The molecule has 0 aliphatic heterocycles. The Kier molecular flexibility index (Phi) is 6.37. The third-order valence-corrected chi connectivity index (χ3v) is 4.37. The number of thiazole rings is 1. The van der Waals surface area contributed by atoms with E-state index in [4.69, 9.17) is 4.74 Å². The van der Waals surface area contributed by atoms with Crippen LogP contribution in [0.15, 0.2) is 29.4 Å². The van der Waals surface area contributed by atoms with Crippen LogP contribution in [-0.4, -0.2) is 35.3 Å². The van der Waals surface area contributed by atoms with Crippen LogP contribution in [0.2, 0.25) is 0 Å². The summed E-state index contributed by atoms with van der Waals surface area (Å²) in [5.41, 5.74) is 0.180. The Balaban J connectivity index is 2.27. The minimum Gasteiger partial charge on any atom is -0.476 e. The van der Waals surface area contributed by atoms with Crippen LogP contribution in [0.3, 0.4) is 0 Å². The highest BCUT2D eigenvalue weighted by Crippen LogP contribution is 2.39. The monoisotopic (exact) mass is 406 g/mol. The minimum atomic E-state index is -4.38. The molecule has 27 heavy (non-hydrogen) atoms. The molecule has 1 N–H and O–H groups in total. The number of halogens is 4. The predicted octanol–water partition coefficient (Wildman–Crippen LogP) is 3.82. The first kappa shape index (κ1) is 20.6. The van der Waals surface area contributed by atoms with Crippen molar-refractivity contribution in [3.63, 3.8) is 0 Å². The third kappa shape index (κ3) is 4.54. The van der Waals surface area contributed by atoms with Crippen molar-refractivity contribution in [3.05, 3.63) is 45.3 Å². The van der Waals surface area contributed by atoms with Crippen LogP contribution in [0.4, 0.5) is 17.6 Å². The van der Waals surface area contributed by atoms with Crippen LogP contribution in [0.25, 0.3) is 0 Å². The molecule has 0 radical (unpaired) electrons. The Bertz CT molecular complexity index is 855. The number of benzene rings is 1. The lowest BCUT2D eigenvalue weighted by Gasteiger charge is -2.11. The van der Waals surface area contributed by atoms with E-state index in [1.165, 1.54) is 20.1 Å². The number of aryl methyl sites for hydroxylation is 1. The van der Waals surface area contributed by atoms with Gasteiger partial charge in [-0.3, -0.25) is 0 Å². The van der Waals surface area contributed by atoms with E-state index in [1.54, 1.807) is 18.2 Å². The van der Waals surface area contributed by atoms with Gasteiger partial charge in [0.1, 0.15) is 13.7 Å². The molecule has 0 spiro atoms. The maximum atomic E-state index is 13.4. The van der Waals surface area contributed by atoms with Gasteiger partial charge >= 0.3 is 18.3 Å². The van der Waals surface area contributed by atoms with Crippen molar-refractivity contribution in [2.24, 2.45) is 5.16 Å². The Labute approximate surface area is 155 Å². The molecule has 0 fully saturated rings. The highest BCUT2D eigenvalue weighted by atomic mass is 32.1. The van der Waals surface area contributed by atoms with Gasteiger partial charge in [-0.25, -0.2) is 13.6 Å². The van der Waals surface area contributed by atoms with E-state index >= 15 is 0 Å². The summed E-state index contributed by atoms with van der Waals surface area (Å²) in [4.78, 5) is 19.5. The lowest BCUT2D eigenvalue weighted by atomic mass is 10.0. The molecule has 146 valence electrons. The van der Waals surface area contributed by atoms with E-state index in [0.29, 0.717) is 16.9 Å². The second kappa shape index (κ2) is 8.33. The summed E-state index contributed by atoms with van der Waals surface area (Å²) in [5.74, 6) is -5.95. The van der Waals surface area contributed by atoms with E-state index in [-0.39, 0.29) is 28.6 Å². The highest BCUT2D eigenvalue weighted by Gasteiger charge is 2.46. The van der Waals surface area contributed by atoms with Crippen molar-refractivity contribution >= 4 is 23.0 Å². The number of oxime groups is 1. The summed E-state index contributed by atoms with van der Waals surface area (Å²) in [6.45, 7) is 1.16. The standard InChI is InChI=1S/C16H14F4N2O4S/c1-8-12(21-15(27-8)16(19,20)14(17)18)26-7-9-5-3-4-6-10(9)11(13(23)24)22-25-2/h3-6,14H,7H2,1-2H3,(H,23,24)/b22-11+. The van der Waals surface area contributed by atoms with Crippen molar-refractivity contribution in [2.45, 2.75) is 25.9 Å². The van der Waals surface area contributed by atoms with Crippen molar-refractivity contribution in [3.8, 4) is 5.88 Å². The van der Waals surface area contributed by atoms with Crippen molar-refractivity contribution in [1.82, 2.24) is 4.98 Å². The van der Waals surface area contributed by atoms with Gasteiger partial charge in [-0.1, -0.05) is 29.4 Å². The predicted molar refractivity (Wildman–Crippen MR) is 88.7 cm³/mol. The van der Waals surface area contributed by atoms with Gasteiger partial charge in [0.05, 0.1) is 4.88 Å². The van der Waals surface area contributed by atoms with Gasteiger partial charge < -0.3 is 14.7 Å². The molecule has 1 aromatic heterocycles. The maximum Gasteiger partial charge on any atom is 0.358 e. The first-order valence-corrected chi connectivity index (χ1v) is 8.19. The molecule has 0 aliphatic carbocycles. The van der Waals surface area contributed by atoms with Gasteiger partial charge in [-0.05, 0) is 12.5 Å². The number of hydrogen-bond acceptors (Lipinski definition) is 6. The first-order chi connectivity index (χ1) is 12.7. The highest BCUT2D eigenvalue weighted by molar-refractivity contribution is 7.12. The van der Waals surface area contributed by atoms with Crippen molar-refractivity contribution < 1.29 is 37.0 Å². The number of aliphatic carboxylic acids is 1. The Morgan fingerprint density at radius 1 is 1.37 bits per heavy atom. The summed E-state index contributed by atoms with van der Waals surface area (Å²) >= 11 is 0.404. The molecule has 11 heteroatoms. The Morgan fingerprint density at radius 3 is 2.63 bits per heavy atom. The molecule has 0 saturated heterocycles. The van der Waals surface area contributed by atoms with Gasteiger partial charge in [-0.15, -0.1) is 11.3 Å². The molecule has 0 saturated carbocycles. The summed E-state index contributed by atoms with van der Waals surface area (Å²) in [6.07, 6.45) is -3.89. The SMILES string of the molecule is CO/N=C(/C(=O)O)c1ccccc1COc1nc(C(F)(F)C(F)F)sc1C. The zero-order valence-electron chi connectivity index (χ0n) is 14.1. The van der Waals surface area contributed by atoms with E-state index in [0.717, 1.165) is 0 Å². The number of alkyl halides is 4. The van der Waals surface area contributed by atoms with Crippen molar-refractivity contribution in [2.75, 3.05) is 7.11 Å². The fourth-order valence-electron chi connectivity index (χ4n) is 2.07. The number of carboxylic acids is 1. The summed E-state index contributed by atoms with van der Waals surface area (Å²) in [6, 6.07) is 6.19. The summed E-state index contributed by atoms with van der Waals surface area (Å²) in [7, 11) is 1.19. The van der Waals surface area contributed by atoms with Gasteiger partial charge in [-0.2, -0.15) is 13.8 Å². The zero-order valence-corrected chi connectivity index (χ0v) is 14.9. The molecule has 0 unspecified atom stereocenters. The molecular weight excluding hydrogens is 392 g/mol. The average molecular weight is 406 g/mol. The van der Waals surface area contributed by atoms with E-state index in [1.807, 2.05) is 0 Å². The summed E-state index contributed by atoms with van der Waals surface area (Å²) < 4.78 is 57.2. The van der Waals surface area contributed by atoms with Crippen LogP contribution >= 0.6 is 11.3 Å². The van der Waals surface area contributed by atoms with Gasteiger partial charge in [0.15, 0.2) is 10.7 Å². The van der Waals surface area contributed by atoms with Crippen LogP contribution in [0.5, 0.6) is 5.88 Å². The molecule has 2 aromatic rings. The lowest BCUT2D eigenvalue weighted by molar-refractivity contribution is -0.135. The molecule has 6 nitrogen and oxygen atoms in total. The minimum absolute atomic E-state index is 0.187. The van der Waals surface area contributed by atoms with E-state index in [2.05, 4.69) is 15.0 Å². The fraction of sp³-hybridized carbons (Fsp3) is 0.312. The number of nitrogens with zero attached hydrogens (tertiary/aromatic N) is 2. The van der Waals surface area contributed by atoms with E-state index in [9.17, 15) is 27.5 Å². The van der Waals surface area contributed by atoms with Crippen LogP contribution in [0.1, 0.15) is 21.0 Å². The van der Waals surface area contributed by atoms with Crippen LogP contribution in [0, 0.1) is 6.92 Å². The molecule has 1 aromatic carbocycles. The largest absolute Gasteiger partial charge is 0.476 e. The quantitative estimate of drug-likeness (QED) is 0.410. The van der Waals surface area contributed by atoms with Crippen LogP contribution in [-0.2, 0) is 22.2 Å². The zero-order chi connectivity index (χ0) is 20.2. The van der Waals surface area contributed by atoms with Gasteiger partial charge in [0.2, 0.25) is 5.88 Å². The van der Waals surface area contributed by atoms with E-state index < -0.39 is 23.3 Å². The topological polar surface area (TPSA) is 81.0 Å². The second-order valence-electron chi connectivity index (χ2n) is 5.18. The Morgan fingerprint density at radius 2 is 2.04 bits per heavy atom. The second-order valence-corrected chi connectivity index (χ2v) is 6.38. The van der Waals surface area contributed by atoms with Gasteiger partial charge in [0, 0.05) is 5.56 Å². The third-order valence-electron chi connectivity index (χ3n) is 3.34. The summed E-state index contributed by atoms with van der Waals surface area (Å²) in [5, 5.41) is 11.6. The molecular formula is C16H14F4N2O4S. The van der Waals surface area contributed by atoms with Gasteiger partial charge in [0.25, 0.3) is 0 Å². The lowest BCUT2D eigenvalue weighted by Crippen LogP contribution is -2.23. The smallest absolute Gasteiger partial charge is 0.358 e. The maximum absolute atomic E-state index is 13.4. The number of carbonyl (C=O) groups is 1. The first-order valence-electron chi connectivity index (χ1n) is 7.37. The molecule has 0 aliphatic rings.